The van der Waals surface area contributed by atoms with Crippen LogP contribution in [-0.2, 0) is 6.42 Å². The van der Waals surface area contributed by atoms with Crippen LogP contribution < -0.4 is 4.90 Å². The van der Waals surface area contributed by atoms with Crippen molar-refractivity contribution in [1.82, 2.24) is 20.2 Å². The summed E-state index contributed by atoms with van der Waals surface area (Å²) in [6.07, 6.45) is 4.19. The first-order valence-corrected chi connectivity index (χ1v) is 6.79. The number of nitrogens with one attached hydrogen (secondary N) is 2. The zero-order valence-corrected chi connectivity index (χ0v) is 12.1. The van der Waals surface area contributed by atoms with E-state index in [-0.39, 0.29) is 0 Å². The maximum atomic E-state index is 4.53. The van der Waals surface area contributed by atoms with Crippen molar-refractivity contribution in [3.05, 3.63) is 29.8 Å². The fourth-order valence-electron chi connectivity index (χ4n) is 2.09. The molecule has 2 heterocycles. The standard InChI is InChI=1S/C14H23N5/c1-10(7-8-12-6-5-9-15-12)11(2)13-16-14(18-17-13)19(3)4/h5-6,9-11,15H,7-8H2,1-4H3,(H,16,17,18). The molecule has 2 aromatic heterocycles. The van der Waals surface area contributed by atoms with Crippen molar-refractivity contribution in [2.75, 3.05) is 19.0 Å². The lowest BCUT2D eigenvalue weighted by Gasteiger charge is -2.17. The first-order valence-electron chi connectivity index (χ1n) is 6.79. The van der Waals surface area contributed by atoms with Crippen LogP contribution in [-0.4, -0.2) is 34.3 Å². The summed E-state index contributed by atoms with van der Waals surface area (Å²) < 4.78 is 0. The van der Waals surface area contributed by atoms with Crippen LogP contribution in [0.15, 0.2) is 18.3 Å². The highest BCUT2D eigenvalue weighted by atomic mass is 15.3. The van der Waals surface area contributed by atoms with Crippen molar-refractivity contribution in [3.63, 3.8) is 0 Å². The highest BCUT2D eigenvalue weighted by molar-refractivity contribution is 5.25. The molecule has 0 amide bonds. The molecular weight excluding hydrogens is 238 g/mol. The van der Waals surface area contributed by atoms with Crippen molar-refractivity contribution < 1.29 is 0 Å². The number of aromatic nitrogens is 4. The van der Waals surface area contributed by atoms with Gasteiger partial charge in [0.15, 0.2) is 0 Å². The molecule has 0 radical (unpaired) electrons. The minimum absolute atomic E-state index is 0.385. The Morgan fingerprint density at radius 3 is 2.68 bits per heavy atom. The number of nitrogens with zero attached hydrogens (tertiary/aromatic N) is 3. The Morgan fingerprint density at radius 2 is 2.11 bits per heavy atom. The van der Waals surface area contributed by atoms with Gasteiger partial charge in [-0.15, -0.1) is 5.10 Å². The number of anilines is 1. The van der Waals surface area contributed by atoms with Gasteiger partial charge in [0, 0.05) is 31.9 Å². The van der Waals surface area contributed by atoms with Gasteiger partial charge < -0.3 is 9.88 Å². The Morgan fingerprint density at radius 1 is 1.32 bits per heavy atom. The van der Waals surface area contributed by atoms with Crippen molar-refractivity contribution in [1.29, 1.82) is 0 Å². The number of H-pyrrole nitrogens is 2. The van der Waals surface area contributed by atoms with Crippen LogP contribution in [0.25, 0.3) is 0 Å². The van der Waals surface area contributed by atoms with Gasteiger partial charge in [-0.05, 0) is 30.9 Å². The molecule has 2 rings (SSSR count). The fraction of sp³-hybridized carbons (Fsp3) is 0.571. The van der Waals surface area contributed by atoms with E-state index >= 15 is 0 Å². The van der Waals surface area contributed by atoms with Crippen molar-refractivity contribution >= 4 is 5.95 Å². The van der Waals surface area contributed by atoms with Crippen molar-refractivity contribution in [2.45, 2.75) is 32.6 Å². The van der Waals surface area contributed by atoms with Crippen LogP contribution >= 0.6 is 0 Å². The number of hydrogen-bond acceptors (Lipinski definition) is 3. The predicted octanol–water partition coefficient (Wildman–Crippen LogP) is 2.57. The van der Waals surface area contributed by atoms with E-state index in [9.17, 15) is 0 Å². The molecule has 0 fully saturated rings. The van der Waals surface area contributed by atoms with Gasteiger partial charge in [0.2, 0.25) is 5.95 Å². The SMILES string of the molecule is CC(CCc1ccc[nH]1)C(C)c1nc(N(C)C)n[nH]1. The van der Waals surface area contributed by atoms with Crippen LogP contribution in [0.1, 0.15) is 37.7 Å². The molecule has 2 atom stereocenters. The van der Waals surface area contributed by atoms with E-state index < -0.39 is 0 Å². The molecule has 0 bridgehead atoms. The van der Waals surface area contributed by atoms with Gasteiger partial charge in [0.05, 0.1) is 0 Å². The third-order valence-corrected chi connectivity index (χ3v) is 3.71. The van der Waals surface area contributed by atoms with Crippen LogP contribution in [0.4, 0.5) is 5.95 Å². The zero-order valence-electron chi connectivity index (χ0n) is 12.1. The van der Waals surface area contributed by atoms with Gasteiger partial charge in [-0.2, -0.15) is 4.98 Å². The molecule has 0 aliphatic rings. The average Bonchev–Trinajstić information content (AvgIpc) is 3.05. The lowest BCUT2D eigenvalue weighted by atomic mass is 9.90. The van der Waals surface area contributed by atoms with E-state index in [1.54, 1.807) is 0 Å². The molecule has 2 aromatic rings. The lowest BCUT2D eigenvalue weighted by Crippen LogP contribution is -2.11. The summed E-state index contributed by atoms with van der Waals surface area (Å²) in [4.78, 5) is 9.69. The molecule has 0 aromatic carbocycles. The maximum absolute atomic E-state index is 4.53. The predicted molar refractivity (Wildman–Crippen MR) is 77.4 cm³/mol. The topological polar surface area (TPSA) is 60.6 Å². The molecule has 2 N–H and O–H groups in total. The highest BCUT2D eigenvalue weighted by Crippen LogP contribution is 2.25. The molecule has 5 heteroatoms. The molecule has 0 spiro atoms. The minimum atomic E-state index is 0.385. The molecule has 19 heavy (non-hydrogen) atoms. The molecular formula is C14H23N5. The molecule has 0 saturated carbocycles. The number of hydrogen-bond donors (Lipinski definition) is 2. The molecule has 2 unspecified atom stereocenters. The van der Waals surface area contributed by atoms with Gasteiger partial charge in [-0.3, -0.25) is 5.10 Å². The summed E-state index contributed by atoms with van der Waals surface area (Å²) in [5, 5.41) is 7.26. The van der Waals surface area contributed by atoms with E-state index in [0.717, 1.165) is 24.6 Å². The molecule has 0 aliphatic carbocycles. The summed E-state index contributed by atoms with van der Waals surface area (Å²) >= 11 is 0. The Labute approximate surface area is 114 Å². The van der Waals surface area contributed by atoms with E-state index in [0.29, 0.717) is 11.8 Å². The van der Waals surface area contributed by atoms with Gasteiger partial charge in [0.25, 0.3) is 0 Å². The van der Waals surface area contributed by atoms with E-state index in [2.05, 4.69) is 40.1 Å². The Bertz CT molecular complexity index is 486. The third kappa shape index (κ3) is 3.36. The maximum Gasteiger partial charge on any atom is 0.244 e. The zero-order chi connectivity index (χ0) is 13.8. The molecule has 0 aliphatic heterocycles. The van der Waals surface area contributed by atoms with E-state index in [1.807, 2.05) is 31.3 Å². The number of aryl methyl sites for hydroxylation is 1. The lowest BCUT2D eigenvalue weighted by molar-refractivity contribution is 0.437. The minimum Gasteiger partial charge on any atom is -0.365 e. The summed E-state index contributed by atoms with van der Waals surface area (Å²) in [7, 11) is 3.90. The summed E-state index contributed by atoms with van der Waals surface area (Å²) in [5.41, 5.74) is 1.30. The Hall–Kier alpha value is -1.78. The van der Waals surface area contributed by atoms with Gasteiger partial charge >= 0.3 is 0 Å². The molecule has 0 saturated heterocycles. The monoisotopic (exact) mass is 261 g/mol. The Kier molecular flexibility index (Phi) is 4.24. The second-order valence-corrected chi connectivity index (χ2v) is 5.42. The summed E-state index contributed by atoms with van der Waals surface area (Å²) in [6, 6.07) is 4.18. The number of rotatable bonds is 6. The summed E-state index contributed by atoms with van der Waals surface area (Å²) in [5.74, 6) is 2.67. The quantitative estimate of drug-likeness (QED) is 0.840. The summed E-state index contributed by atoms with van der Waals surface area (Å²) in [6.45, 7) is 4.48. The van der Waals surface area contributed by atoms with Gasteiger partial charge in [-0.25, -0.2) is 0 Å². The van der Waals surface area contributed by atoms with Crippen molar-refractivity contribution in [3.8, 4) is 0 Å². The molecule has 5 nitrogen and oxygen atoms in total. The van der Waals surface area contributed by atoms with Crippen LogP contribution in [0.5, 0.6) is 0 Å². The largest absolute Gasteiger partial charge is 0.365 e. The first-order chi connectivity index (χ1) is 9.08. The number of aromatic amines is 2. The van der Waals surface area contributed by atoms with Gasteiger partial charge in [0.1, 0.15) is 5.82 Å². The fourth-order valence-corrected chi connectivity index (χ4v) is 2.09. The average molecular weight is 261 g/mol. The van der Waals surface area contributed by atoms with Gasteiger partial charge in [-0.1, -0.05) is 13.8 Å². The van der Waals surface area contributed by atoms with E-state index in [1.165, 1.54) is 5.69 Å². The van der Waals surface area contributed by atoms with Crippen LogP contribution in [0, 0.1) is 5.92 Å². The Balaban J connectivity index is 1.92. The van der Waals surface area contributed by atoms with Crippen molar-refractivity contribution in [2.24, 2.45) is 5.92 Å². The normalized spacial score (nSPS) is 14.3. The van der Waals surface area contributed by atoms with Crippen LogP contribution in [0.2, 0.25) is 0 Å². The van der Waals surface area contributed by atoms with E-state index in [4.69, 9.17) is 0 Å². The second kappa shape index (κ2) is 5.91. The second-order valence-electron chi connectivity index (χ2n) is 5.42. The smallest absolute Gasteiger partial charge is 0.244 e. The molecule has 104 valence electrons. The first kappa shape index (κ1) is 13.6. The van der Waals surface area contributed by atoms with Crippen LogP contribution in [0.3, 0.4) is 0 Å². The third-order valence-electron chi connectivity index (χ3n) is 3.71. The highest BCUT2D eigenvalue weighted by Gasteiger charge is 2.18.